The number of rotatable bonds is 4. The van der Waals surface area contributed by atoms with Crippen LogP contribution in [0.1, 0.15) is 13.3 Å². The maximum atomic E-state index is 9.10. The van der Waals surface area contributed by atoms with Crippen molar-refractivity contribution in [3.63, 3.8) is 0 Å². The minimum atomic E-state index is 0.164. The van der Waals surface area contributed by atoms with Gasteiger partial charge >= 0.3 is 0 Å². The molecule has 0 aromatic heterocycles. The molecule has 0 aromatic rings. The Labute approximate surface area is 80.0 Å². The molecule has 1 unspecified atom stereocenters. The number of nitrogens with zero attached hydrogens (tertiary/aromatic N) is 1. The Hall–Kier alpha value is -0.380. The summed E-state index contributed by atoms with van der Waals surface area (Å²) in [5.41, 5.74) is 1.22. The third-order valence-corrected chi connectivity index (χ3v) is 2.49. The monoisotopic (exact) mass is 185 g/mol. The molecular weight excluding hydrogens is 166 g/mol. The van der Waals surface area contributed by atoms with E-state index >= 15 is 0 Å². The molecule has 1 N–H and O–H groups in total. The summed E-state index contributed by atoms with van der Waals surface area (Å²) in [7, 11) is 0. The highest BCUT2D eigenvalue weighted by molar-refractivity contribution is 4.97. The average Bonchev–Trinajstić information content (AvgIpc) is 2.18. The van der Waals surface area contributed by atoms with Gasteiger partial charge in [-0.15, -0.1) is 0 Å². The number of ether oxygens (including phenoxy) is 1. The molecule has 0 aromatic carbocycles. The van der Waals surface area contributed by atoms with Crippen molar-refractivity contribution in [2.45, 2.75) is 19.4 Å². The van der Waals surface area contributed by atoms with Crippen molar-refractivity contribution >= 4 is 0 Å². The zero-order chi connectivity index (χ0) is 9.68. The summed E-state index contributed by atoms with van der Waals surface area (Å²) in [5, 5.41) is 9.10. The van der Waals surface area contributed by atoms with Crippen molar-refractivity contribution < 1.29 is 9.84 Å². The first-order valence-electron chi connectivity index (χ1n) is 4.87. The Bertz CT molecular complexity index is 170. The van der Waals surface area contributed by atoms with Crippen LogP contribution in [0.2, 0.25) is 0 Å². The molecule has 0 aliphatic carbocycles. The topological polar surface area (TPSA) is 32.7 Å². The lowest BCUT2D eigenvalue weighted by atomic mass is 10.1. The maximum absolute atomic E-state index is 9.10. The maximum Gasteiger partial charge on any atom is 0.0644 e. The zero-order valence-electron chi connectivity index (χ0n) is 8.33. The van der Waals surface area contributed by atoms with E-state index in [1.54, 1.807) is 0 Å². The summed E-state index contributed by atoms with van der Waals surface area (Å²) in [5.74, 6) is 0. The van der Waals surface area contributed by atoms with Gasteiger partial charge in [-0.2, -0.15) is 0 Å². The van der Waals surface area contributed by atoms with Crippen LogP contribution in [0.4, 0.5) is 0 Å². The zero-order valence-corrected chi connectivity index (χ0v) is 8.33. The van der Waals surface area contributed by atoms with E-state index in [4.69, 9.17) is 9.84 Å². The van der Waals surface area contributed by atoms with Gasteiger partial charge in [0.25, 0.3) is 0 Å². The van der Waals surface area contributed by atoms with Crippen LogP contribution in [0.3, 0.4) is 0 Å². The first-order valence-corrected chi connectivity index (χ1v) is 4.87. The lowest BCUT2D eigenvalue weighted by molar-refractivity contribution is -0.0232. The molecule has 0 radical (unpaired) electrons. The van der Waals surface area contributed by atoms with Crippen molar-refractivity contribution in [1.82, 2.24) is 4.90 Å². The molecule has 1 aliphatic rings. The van der Waals surface area contributed by atoms with Gasteiger partial charge < -0.3 is 9.84 Å². The van der Waals surface area contributed by atoms with E-state index in [-0.39, 0.29) is 12.6 Å². The van der Waals surface area contributed by atoms with Crippen molar-refractivity contribution in [1.29, 1.82) is 0 Å². The number of morpholine rings is 1. The summed E-state index contributed by atoms with van der Waals surface area (Å²) in [6.45, 7) is 9.48. The fourth-order valence-corrected chi connectivity index (χ4v) is 1.46. The predicted octanol–water partition coefficient (Wildman–Crippen LogP) is 0.646. The standard InChI is InChI=1S/C10H19NO2/c1-3-9(2)6-11-4-5-13-8-10(11)7-12/h10,12H,2-8H2,1H3. The summed E-state index contributed by atoms with van der Waals surface area (Å²) in [6.07, 6.45) is 1.01. The van der Waals surface area contributed by atoms with Gasteiger partial charge in [-0.3, -0.25) is 4.90 Å². The summed E-state index contributed by atoms with van der Waals surface area (Å²) >= 11 is 0. The van der Waals surface area contributed by atoms with Gasteiger partial charge in [-0.25, -0.2) is 0 Å². The number of hydrogen-bond donors (Lipinski definition) is 1. The Morgan fingerprint density at radius 2 is 2.46 bits per heavy atom. The molecule has 13 heavy (non-hydrogen) atoms. The Morgan fingerprint density at radius 1 is 1.69 bits per heavy atom. The van der Waals surface area contributed by atoms with Gasteiger partial charge in [0.15, 0.2) is 0 Å². The molecule has 0 saturated carbocycles. The van der Waals surface area contributed by atoms with Crippen LogP contribution in [0, 0.1) is 0 Å². The van der Waals surface area contributed by atoms with E-state index in [1.165, 1.54) is 5.57 Å². The lowest BCUT2D eigenvalue weighted by Gasteiger charge is -2.34. The number of aliphatic hydroxyl groups is 1. The molecule has 1 fully saturated rings. The van der Waals surface area contributed by atoms with Crippen LogP contribution in [0.25, 0.3) is 0 Å². The van der Waals surface area contributed by atoms with Crippen LogP contribution >= 0.6 is 0 Å². The molecule has 0 bridgehead atoms. The summed E-state index contributed by atoms with van der Waals surface area (Å²) in [4.78, 5) is 2.25. The highest BCUT2D eigenvalue weighted by Gasteiger charge is 2.21. The second-order valence-electron chi connectivity index (χ2n) is 3.49. The molecule has 1 aliphatic heterocycles. The van der Waals surface area contributed by atoms with Crippen molar-refractivity contribution in [3.8, 4) is 0 Å². The SMILES string of the molecule is C=C(CC)CN1CCOCC1CO. The van der Waals surface area contributed by atoms with E-state index in [9.17, 15) is 0 Å². The largest absolute Gasteiger partial charge is 0.395 e. The molecule has 1 rings (SSSR count). The van der Waals surface area contributed by atoms with Crippen LogP contribution in [-0.4, -0.2) is 49.0 Å². The first kappa shape index (κ1) is 10.7. The molecule has 1 saturated heterocycles. The first-order chi connectivity index (χ1) is 6.27. The van der Waals surface area contributed by atoms with Crippen LogP contribution in [0.15, 0.2) is 12.2 Å². The van der Waals surface area contributed by atoms with Gasteiger partial charge in [0.1, 0.15) is 0 Å². The molecule has 0 amide bonds. The fourth-order valence-electron chi connectivity index (χ4n) is 1.46. The van der Waals surface area contributed by atoms with Crippen molar-refractivity contribution in [3.05, 3.63) is 12.2 Å². The third-order valence-electron chi connectivity index (χ3n) is 2.49. The van der Waals surface area contributed by atoms with E-state index in [0.29, 0.717) is 6.61 Å². The van der Waals surface area contributed by atoms with E-state index in [1.807, 2.05) is 0 Å². The minimum absolute atomic E-state index is 0.164. The van der Waals surface area contributed by atoms with Gasteiger partial charge in [0.05, 0.1) is 25.9 Å². The van der Waals surface area contributed by atoms with Gasteiger partial charge in [0.2, 0.25) is 0 Å². The van der Waals surface area contributed by atoms with Gasteiger partial charge in [-0.05, 0) is 6.42 Å². The van der Waals surface area contributed by atoms with Crippen molar-refractivity contribution in [2.24, 2.45) is 0 Å². The molecule has 1 atom stereocenters. The van der Waals surface area contributed by atoms with Crippen LogP contribution in [-0.2, 0) is 4.74 Å². The third kappa shape index (κ3) is 3.10. The average molecular weight is 185 g/mol. The van der Waals surface area contributed by atoms with E-state index in [0.717, 1.165) is 26.1 Å². The van der Waals surface area contributed by atoms with E-state index < -0.39 is 0 Å². The van der Waals surface area contributed by atoms with E-state index in [2.05, 4.69) is 18.4 Å². The number of hydrogen-bond acceptors (Lipinski definition) is 3. The van der Waals surface area contributed by atoms with Crippen molar-refractivity contribution in [2.75, 3.05) is 32.9 Å². The lowest BCUT2D eigenvalue weighted by Crippen LogP contribution is -2.48. The Morgan fingerprint density at radius 3 is 3.08 bits per heavy atom. The Kier molecular flexibility index (Phi) is 4.42. The molecular formula is C10H19NO2. The highest BCUT2D eigenvalue weighted by Crippen LogP contribution is 2.09. The minimum Gasteiger partial charge on any atom is -0.395 e. The summed E-state index contributed by atoms with van der Waals surface area (Å²) < 4.78 is 5.29. The smallest absolute Gasteiger partial charge is 0.0644 e. The second kappa shape index (κ2) is 5.37. The Balaban J connectivity index is 2.40. The van der Waals surface area contributed by atoms with Crippen LogP contribution < -0.4 is 0 Å². The second-order valence-corrected chi connectivity index (χ2v) is 3.49. The molecule has 1 heterocycles. The normalized spacial score (nSPS) is 24.6. The van der Waals surface area contributed by atoms with Gasteiger partial charge in [0, 0.05) is 13.1 Å². The molecule has 3 nitrogen and oxygen atoms in total. The predicted molar refractivity (Wildman–Crippen MR) is 52.7 cm³/mol. The van der Waals surface area contributed by atoms with Gasteiger partial charge in [-0.1, -0.05) is 19.1 Å². The molecule has 3 heteroatoms. The fraction of sp³-hybridized carbons (Fsp3) is 0.800. The number of aliphatic hydroxyl groups excluding tert-OH is 1. The highest BCUT2D eigenvalue weighted by atomic mass is 16.5. The van der Waals surface area contributed by atoms with Crippen LogP contribution in [0.5, 0.6) is 0 Å². The quantitative estimate of drug-likeness (QED) is 0.653. The molecule has 0 spiro atoms. The molecule has 76 valence electrons. The summed E-state index contributed by atoms with van der Waals surface area (Å²) in [6, 6.07) is 0.164.